The fourth-order valence-electron chi connectivity index (χ4n) is 2.04. The van der Waals surface area contributed by atoms with Gasteiger partial charge in [-0.3, -0.25) is 9.18 Å². The van der Waals surface area contributed by atoms with E-state index in [1.165, 1.54) is 0 Å². The molecule has 2 rings (SSSR count). The van der Waals surface area contributed by atoms with Crippen molar-refractivity contribution in [2.24, 2.45) is 0 Å². The molecule has 2 N–H and O–H groups in total. The second-order valence-corrected chi connectivity index (χ2v) is 3.98. The van der Waals surface area contributed by atoms with Gasteiger partial charge >= 0.3 is 0 Å². The highest BCUT2D eigenvalue weighted by atomic mass is 19.1. The first-order chi connectivity index (χ1) is 7.72. The predicted molar refractivity (Wildman–Crippen MR) is 62.1 cm³/mol. The van der Waals surface area contributed by atoms with E-state index in [-0.39, 0.29) is 5.91 Å². The Balaban J connectivity index is 2.29. The maximum Gasteiger partial charge on any atom is 0.227 e. The number of nitrogens with zero attached hydrogens (tertiary/aromatic N) is 1. The van der Waals surface area contributed by atoms with Crippen LogP contribution in [0.4, 0.5) is 15.8 Å². The molecule has 1 aliphatic rings. The van der Waals surface area contributed by atoms with Crippen molar-refractivity contribution in [3.8, 4) is 0 Å². The standard InChI is InChI=1S/C12H15FN2O/c13-6-1-7-15-11-4-3-10(14)8-9(11)2-5-12(15)16/h3-4,8H,1-2,5-7,14H2. The molecule has 0 unspecified atom stereocenters. The smallest absolute Gasteiger partial charge is 0.227 e. The minimum atomic E-state index is -0.395. The number of aryl methyl sites for hydroxylation is 1. The maximum atomic E-state index is 12.2. The number of carbonyl (C=O) groups is 1. The minimum absolute atomic E-state index is 0.0747. The van der Waals surface area contributed by atoms with Crippen LogP contribution in [0.15, 0.2) is 18.2 Å². The quantitative estimate of drug-likeness (QED) is 0.794. The molecule has 0 aromatic heterocycles. The summed E-state index contributed by atoms with van der Waals surface area (Å²) in [5, 5.41) is 0. The summed E-state index contributed by atoms with van der Waals surface area (Å²) in [5.74, 6) is 0.0747. The van der Waals surface area contributed by atoms with Crippen molar-refractivity contribution in [2.45, 2.75) is 19.3 Å². The lowest BCUT2D eigenvalue weighted by Crippen LogP contribution is -2.36. The molecule has 1 aliphatic heterocycles. The predicted octanol–water partition coefficient (Wildman–Crippen LogP) is 1.91. The second-order valence-electron chi connectivity index (χ2n) is 3.98. The molecule has 86 valence electrons. The van der Waals surface area contributed by atoms with Crippen LogP contribution >= 0.6 is 0 Å². The molecule has 1 heterocycles. The summed E-state index contributed by atoms with van der Waals surface area (Å²) in [6.07, 6.45) is 1.60. The van der Waals surface area contributed by atoms with E-state index in [0.29, 0.717) is 25.1 Å². The summed E-state index contributed by atoms with van der Waals surface area (Å²) in [6.45, 7) is 0.0559. The van der Waals surface area contributed by atoms with Gasteiger partial charge in [0, 0.05) is 24.3 Å². The molecule has 1 aromatic carbocycles. The SMILES string of the molecule is Nc1ccc2c(c1)CCC(=O)N2CCCF. The molecular formula is C12H15FN2O. The van der Waals surface area contributed by atoms with E-state index >= 15 is 0 Å². The van der Waals surface area contributed by atoms with Gasteiger partial charge in [0.05, 0.1) is 6.67 Å². The maximum absolute atomic E-state index is 12.2. The van der Waals surface area contributed by atoms with Crippen molar-refractivity contribution in [1.29, 1.82) is 0 Å². The molecular weight excluding hydrogens is 207 g/mol. The Kier molecular flexibility index (Phi) is 3.08. The summed E-state index contributed by atoms with van der Waals surface area (Å²) in [6, 6.07) is 5.52. The second kappa shape index (κ2) is 4.51. The summed E-state index contributed by atoms with van der Waals surface area (Å²) in [7, 11) is 0. The van der Waals surface area contributed by atoms with Gasteiger partial charge in [-0.25, -0.2) is 0 Å². The Labute approximate surface area is 94.0 Å². The summed E-state index contributed by atoms with van der Waals surface area (Å²) < 4.78 is 12.2. The Bertz CT molecular complexity index is 406. The molecule has 0 radical (unpaired) electrons. The number of fused-ring (bicyclic) bond motifs is 1. The number of nitrogen functional groups attached to an aromatic ring is 1. The molecule has 0 saturated carbocycles. The number of hydrogen-bond donors (Lipinski definition) is 1. The average molecular weight is 222 g/mol. The number of benzene rings is 1. The lowest BCUT2D eigenvalue weighted by molar-refractivity contribution is -0.118. The highest BCUT2D eigenvalue weighted by Gasteiger charge is 2.23. The first kappa shape index (κ1) is 10.9. The van der Waals surface area contributed by atoms with Gasteiger partial charge in [-0.1, -0.05) is 0 Å². The van der Waals surface area contributed by atoms with Gasteiger partial charge in [0.25, 0.3) is 0 Å². The van der Waals surface area contributed by atoms with Crippen LogP contribution in [-0.4, -0.2) is 19.1 Å². The van der Waals surface area contributed by atoms with Crippen molar-refractivity contribution in [1.82, 2.24) is 0 Å². The van der Waals surface area contributed by atoms with Crippen LogP contribution in [0.1, 0.15) is 18.4 Å². The molecule has 1 aromatic rings. The molecule has 3 nitrogen and oxygen atoms in total. The number of anilines is 2. The zero-order valence-electron chi connectivity index (χ0n) is 9.08. The normalized spacial score (nSPS) is 15.1. The molecule has 0 aliphatic carbocycles. The van der Waals surface area contributed by atoms with Crippen LogP contribution in [0.2, 0.25) is 0 Å². The number of halogens is 1. The van der Waals surface area contributed by atoms with Crippen LogP contribution < -0.4 is 10.6 Å². The van der Waals surface area contributed by atoms with E-state index in [0.717, 1.165) is 17.7 Å². The number of nitrogens with two attached hydrogens (primary N) is 1. The van der Waals surface area contributed by atoms with Crippen LogP contribution in [0.5, 0.6) is 0 Å². The van der Waals surface area contributed by atoms with E-state index in [1.807, 2.05) is 12.1 Å². The van der Waals surface area contributed by atoms with E-state index in [1.54, 1.807) is 11.0 Å². The van der Waals surface area contributed by atoms with Gasteiger partial charge in [0.2, 0.25) is 5.91 Å². The van der Waals surface area contributed by atoms with Crippen LogP contribution in [-0.2, 0) is 11.2 Å². The Morgan fingerprint density at radius 2 is 2.19 bits per heavy atom. The molecule has 1 amide bonds. The van der Waals surface area contributed by atoms with Gasteiger partial charge in [-0.2, -0.15) is 0 Å². The van der Waals surface area contributed by atoms with Gasteiger partial charge in [-0.05, 0) is 36.6 Å². The topological polar surface area (TPSA) is 46.3 Å². The van der Waals surface area contributed by atoms with Gasteiger partial charge in [0.15, 0.2) is 0 Å². The molecule has 0 bridgehead atoms. The highest BCUT2D eigenvalue weighted by molar-refractivity contribution is 5.96. The average Bonchev–Trinajstić information content (AvgIpc) is 2.28. The van der Waals surface area contributed by atoms with Gasteiger partial charge in [0.1, 0.15) is 0 Å². The van der Waals surface area contributed by atoms with E-state index in [9.17, 15) is 9.18 Å². The number of hydrogen-bond acceptors (Lipinski definition) is 2. The van der Waals surface area contributed by atoms with Crippen molar-refractivity contribution >= 4 is 17.3 Å². The first-order valence-corrected chi connectivity index (χ1v) is 5.47. The summed E-state index contributed by atoms with van der Waals surface area (Å²) >= 11 is 0. The fraction of sp³-hybridized carbons (Fsp3) is 0.417. The molecule has 0 atom stereocenters. The summed E-state index contributed by atoms with van der Waals surface area (Å²) in [5.41, 5.74) is 8.38. The minimum Gasteiger partial charge on any atom is -0.399 e. The summed E-state index contributed by atoms with van der Waals surface area (Å²) in [4.78, 5) is 13.4. The van der Waals surface area contributed by atoms with Gasteiger partial charge in [-0.15, -0.1) is 0 Å². The lowest BCUT2D eigenvalue weighted by Gasteiger charge is -2.29. The van der Waals surface area contributed by atoms with E-state index in [4.69, 9.17) is 5.73 Å². The van der Waals surface area contributed by atoms with Crippen molar-refractivity contribution in [2.75, 3.05) is 23.9 Å². The highest BCUT2D eigenvalue weighted by Crippen LogP contribution is 2.29. The zero-order chi connectivity index (χ0) is 11.5. The van der Waals surface area contributed by atoms with Gasteiger partial charge < -0.3 is 10.6 Å². The van der Waals surface area contributed by atoms with Crippen LogP contribution in [0.25, 0.3) is 0 Å². The molecule has 0 spiro atoms. The van der Waals surface area contributed by atoms with Crippen molar-refractivity contribution < 1.29 is 9.18 Å². The Hall–Kier alpha value is -1.58. The Morgan fingerprint density at radius 3 is 2.94 bits per heavy atom. The van der Waals surface area contributed by atoms with Crippen molar-refractivity contribution in [3.63, 3.8) is 0 Å². The number of carbonyl (C=O) groups excluding carboxylic acids is 1. The molecule has 16 heavy (non-hydrogen) atoms. The molecule has 0 saturated heterocycles. The third kappa shape index (κ3) is 2.01. The molecule has 0 fully saturated rings. The molecule has 4 heteroatoms. The van der Waals surface area contributed by atoms with E-state index in [2.05, 4.69) is 0 Å². The third-order valence-electron chi connectivity index (χ3n) is 2.82. The number of rotatable bonds is 3. The lowest BCUT2D eigenvalue weighted by atomic mass is 10.0. The largest absolute Gasteiger partial charge is 0.399 e. The monoisotopic (exact) mass is 222 g/mol. The fourth-order valence-corrected chi connectivity index (χ4v) is 2.04. The number of alkyl halides is 1. The third-order valence-corrected chi connectivity index (χ3v) is 2.82. The Morgan fingerprint density at radius 1 is 1.38 bits per heavy atom. The van der Waals surface area contributed by atoms with Crippen molar-refractivity contribution in [3.05, 3.63) is 23.8 Å². The van der Waals surface area contributed by atoms with Crippen LogP contribution in [0.3, 0.4) is 0 Å². The first-order valence-electron chi connectivity index (χ1n) is 5.47. The van der Waals surface area contributed by atoms with Crippen LogP contribution in [0, 0.1) is 0 Å². The number of amides is 1. The van der Waals surface area contributed by atoms with E-state index < -0.39 is 6.67 Å². The zero-order valence-corrected chi connectivity index (χ0v) is 9.08.